The number of hydrogen-bond acceptors (Lipinski definition) is 3. The van der Waals surface area contributed by atoms with Crippen molar-refractivity contribution in [3.05, 3.63) is 58.7 Å². The standard InChI is InChI=1S/C34H57N6.Ti/c1-29(2,3)22-19-25(32(10,11)12)38(35-22)28(39-26(33(13,14)15)20-23(36-39)30(4,5)6)40-27(34(16,17)18)21-24(37-40)31(7,8)9;/h19-21H,1-18H3;/q-1;. The van der Waals surface area contributed by atoms with Gasteiger partial charge in [-0.2, -0.15) is 15.3 Å². The first-order valence-corrected chi connectivity index (χ1v) is 14.8. The van der Waals surface area contributed by atoms with Gasteiger partial charge >= 0.3 is 0 Å². The van der Waals surface area contributed by atoms with Crippen LogP contribution in [0.25, 0.3) is 0 Å². The van der Waals surface area contributed by atoms with Gasteiger partial charge in [0.2, 0.25) is 0 Å². The molecule has 0 aliphatic heterocycles. The Morgan fingerprint density at radius 2 is 0.585 bits per heavy atom. The Morgan fingerprint density at radius 1 is 0.390 bits per heavy atom. The Labute approximate surface area is 265 Å². The van der Waals surface area contributed by atoms with Gasteiger partial charge in [-0.05, 0) is 33.3 Å². The van der Waals surface area contributed by atoms with Gasteiger partial charge in [-0.15, -0.1) is 0 Å². The minimum Gasteiger partial charge on any atom is -0.283 e. The van der Waals surface area contributed by atoms with Crippen LogP contribution in [0.4, 0.5) is 0 Å². The maximum Gasteiger partial charge on any atom is 0.161 e. The monoisotopic (exact) mass is 597 g/mol. The van der Waals surface area contributed by atoms with Gasteiger partial charge in [-0.1, -0.05) is 143 Å². The number of nitrogens with zero attached hydrogens (tertiary/aromatic N) is 6. The molecule has 0 aliphatic carbocycles. The van der Waals surface area contributed by atoms with E-state index < -0.39 is 0 Å². The van der Waals surface area contributed by atoms with Gasteiger partial charge in [0.05, 0.1) is 17.1 Å². The molecule has 0 saturated carbocycles. The summed E-state index contributed by atoms with van der Waals surface area (Å²) in [6.45, 7) is 40.4. The molecule has 0 fully saturated rings. The van der Waals surface area contributed by atoms with Crippen LogP contribution in [0.1, 0.15) is 159 Å². The first-order chi connectivity index (χ1) is 17.6. The maximum absolute atomic E-state index is 5.35. The van der Waals surface area contributed by atoms with Gasteiger partial charge in [0, 0.05) is 38.0 Å². The van der Waals surface area contributed by atoms with E-state index in [1.165, 1.54) is 0 Å². The van der Waals surface area contributed by atoms with Gasteiger partial charge < -0.3 is 0 Å². The van der Waals surface area contributed by atoms with Crippen LogP contribution < -0.4 is 0 Å². The molecule has 0 unspecified atom stereocenters. The fourth-order valence-electron chi connectivity index (χ4n) is 4.57. The molecule has 6 nitrogen and oxygen atoms in total. The quantitative estimate of drug-likeness (QED) is 0.225. The van der Waals surface area contributed by atoms with Gasteiger partial charge in [0.1, 0.15) is 0 Å². The number of hydrogen-bond donors (Lipinski definition) is 0. The van der Waals surface area contributed by atoms with Crippen molar-refractivity contribution in [2.45, 2.75) is 157 Å². The van der Waals surface area contributed by atoms with Crippen molar-refractivity contribution in [1.82, 2.24) is 29.3 Å². The van der Waals surface area contributed by atoms with Gasteiger partial charge in [0.25, 0.3) is 0 Å². The second kappa shape index (κ2) is 10.7. The largest absolute Gasteiger partial charge is 0.283 e. The Morgan fingerprint density at radius 3 is 0.732 bits per heavy atom. The van der Waals surface area contributed by atoms with Crippen molar-refractivity contribution in [3.63, 3.8) is 0 Å². The molecule has 0 aromatic carbocycles. The van der Waals surface area contributed by atoms with Crippen LogP contribution in [-0.2, 0) is 54.2 Å². The summed E-state index contributed by atoms with van der Waals surface area (Å²) >= 11 is 0. The molecule has 3 aromatic heterocycles. The summed E-state index contributed by atoms with van der Waals surface area (Å²) in [7, 11) is 0. The van der Waals surface area contributed by atoms with E-state index in [0.717, 1.165) is 40.5 Å². The van der Waals surface area contributed by atoms with E-state index in [1.807, 2.05) is 0 Å². The van der Waals surface area contributed by atoms with Gasteiger partial charge in [-0.3, -0.25) is 14.0 Å². The molecular formula is C34H57N6Ti-. The summed E-state index contributed by atoms with van der Waals surface area (Å²) in [4.78, 5) is 0. The molecule has 228 valence electrons. The fourth-order valence-corrected chi connectivity index (χ4v) is 4.57. The van der Waals surface area contributed by atoms with Crippen molar-refractivity contribution in [2.75, 3.05) is 0 Å². The molecule has 0 N–H and O–H groups in total. The van der Waals surface area contributed by atoms with E-state index in [-0.39, 0.29) is 54.2 Å². The van der Waals surface area contributed by atoms with Crippen molar-refractivity contribution in [2.24, 2.45) is 0 Å². The van der Waals surface area contributed by atoms with Crippen LogP contribution in [0.5, 0.6) is 0 Å². The third-order valence-corrected chi connectivity index (χ3v) is 7.31. The van der Waals surface area contributed by atoms with E-state index in [1.54, 1.807) is 0 Å². The topological polar surface area (TPSA) is 53.5 Å². The van der Waals surface area contributed by atoms with Crippen LogP contribution in [0.3, 0.4) is 0 Å². The molecule has 0 aliphatic rings. The summed E-state index contributed by atoms with van der Waals surface area (Å²) in [6, 6.07) is 6.82. The average molecular weight is 598 g/mol. The van der Waals surface area contributed by atoms with Crippen LogP contribution in [-0.4, -0.2) is 29.3 Å². The minimum absolute atomic E-state index is 0. The van der Waals surface area contributed by atoms with Crippen molar-refractivity contribution >= 4 is 0 Å². The zero-order chi connectivity index (χ0) is 31.0. The van der Waals surface area contributed by atoms with E-state index >= 15 is 0 Å². The number of rotatable bonds is 3. The summed E-state index contributed by atoms with van der Waals surface area (Å²) in [5, 5.41) is 16.0. The second-order valence-electron chi connectivity index (χ2n) is 17.8. The molecule has 3 heterocycles. The summed E-state index contributed by atoms with van der Waals surface area (Å²) in [5.74, 6) is 0. The second-order valence-corrected chi connectivity index (χ2v) is 17.8. The van der Waals surface area contributed by atoms with Crippen molar-refractivity contribution in [3.8, 4) is 0 Å². The van der Waals surface area contributed by atoms with Crippen molar-refractivity contribution in [1.29, 1.82) is 0 Å². The summed E-state index contributed by atoms with van der Waals surface area (Å²) in [6.07, 6.45) is 0.835. The molecule has 7 heteroatoms. The molecule has 0 saturated heterocycles. The Bertz CT molecular complexity index is 1180. The first-order valence-electron chi connectivity index (χ1n) is 14.8. The molecule has 0 amide bonds. The van der Waals surface area contributed by atoms with E-state index in [4.69, 9.17) is 15.3 Å². The third-order valence-electron chi connectivity index (χ3n) is 7.31. The van der Waals surface area contributed by atoms with E-state index in [2.05, 4.69) is 157 Å². The van der Waals surface area contributed by atoms with Crippen LogP contribution in [0.2, 0.25) is 0 Å². The van der Waals surface area contributed by atoms with Crippen molar-refractivity contribution < 1.29 is 21.7 Å². The van der Waals surface area contributed by atoms with Gasteiger partial charge in [0.15, 0.2) is 6.29 Å². The Hall–Kier alpha value is -1.79. The molecule has 3 aromatic rings. The SMILES string of the molecule is CC(C)(C)c1cc(C(C)(C)C)n([C-](n2nc(C(C)(C)C)cc2C(C)(C)C)n2nc(C(C)(C)C)cc2C(C)(C)C)n1.[Ti]. The average Bonchev–Trinajstić information content (AvgIpc) is 3.42. The predicted octanol–water partition coefficient (Wildman–Crippen LogP) is 8.45. The van der Waals surface area contributed by atoms with Gasteiger partial charge in [-0.25, -0.2) is 0 Å². The zero-order valence-corrected chi connectivity index (χ0v) is 31.0. The molecule has 0 atom stereocenters. The molecular weight excluding hydrogens is 540 g/mol. The van der Waals surface area contributed by atoms with Crippen LogP contribution >= 0.6 is 0 Å². The smallest absolute Gasteiger partial charge is 0.161 e. The molecule has 0 bridgehead atoms. The summed E-state index contributed by atoms with van der Waals surface area (Å²) in [5.41, 5.74) is 5.73. The Balaban J connectivity index is 0.00000588. The van der Waals surface area contributed by atoms with Crippen LogP contribution in [0, 0.1) is 6.29 Å². The molecule has 0 radical (unpaired) electrons. The fraction of sp³-hybridized carbons (Fsp3) is 0.706. The molecule has 0 spiro atoms. The zero-order valence-electron chi connectivity index (χ0n) is 29.4. The van der Waals surface area contributed by atoms with E-state index in [9.17, 15) is 0 Å². The predicted molar refractivity (Wildman–Crippen MR) is 168 cm³/mol. The Kier molecular flexibility index (Phi) is 9.27. The van der Waals surface area contributed by atoms with Crippen LogP contribution in [0.15, 0.2) is 18.2 Å². The third kappa shape index (κ3) is 7.41. The van der Waals surface area contributed by atoms with E-state index in [0.29, 0.717) is 0 Å². The first kappa shape index (κ1) is 35.4. The minimum atomic E-state index is -0.161. The maximum atomic E-state index is 5.35. The number of aromatic nitrogens is 6. The summed E-state index contributed by atoms with van der Waals surface area (Å²) < 4.78 is 6.39. The normalized spacial score (nSPS) is 13.9. The molecule has 3 rings (SSSR count). The molecule has 41 heavy (non-hydrogen) atoms.